The zero-order valence-electron chi connectivity index (χ0n) is 14.8. The van der Waals surface area contributed by atoms with Gasteiger partial charge in [-0.25, -0.2) is 0 Å². The fraction of sp³-hybridized carbons (Fsp3) is 0.526. The number of anilines is 1. The van der Waals surface area contributed by atoms with Gasteiger partial charge < -0.3 is 20.6 Å². The third kappa shape index (κ3) is 3.07. The highest BCUT2D eigenvalue weighted by Gasteiger charge is 2.46. The molecule has 3 N–H and O–H groups in total. The maximum Gasteiger partial charge on any atom is 0.253 e. The zero-order chi connectivity index (χ0) is 18.5. The lowest BCUT2D eigenvalue weighted by Gasteiger charge is -2.24. The smallest absolute Gasteiger partial charge is 0.253 e. The van der Waals surface area contributed by atoms with Crippen LogP contribution in [0.5, 0.6) is 0 Å². The highest BCUT2D eigenvalue weighted by Crippen LogP contribution is 2.45. The van der Waals surface area contributed by atoms with Crippen LogP contribution in [0.3, 0.4) is 0 Å². The first-order valence-electron chi connectivity index (χ1n) is 9.01. The van der Waals surface area contributed by atoms with Gasteiger partial charge in [-0.3, -0.25) is 14.4 Å². The number of aliphatic hydroxyl groups is 1. The minimum Gasteiger partial charge on any atom is -0.386 e. The Morgan fingerprint density at radius 2 is 2.08 bits per heavy atom. The van der Waals surface area contributed by atoms with Gasteiger partial charge in [0, 0.05) is 29.8 Å². The molecule has 3 aliphatic rings. The molecule has 2 heterocycles. The minimum atomic E-state index is -1.09. The number of benzene rings is 1. The first kappa shape index (κ1) is 17.0. The highest BCUT2D eigenvalue weighted by molar-refractivity contribution is 6.01. The predicted octanol–water partition coefficient (Wildman–Crippen LogP) is 0.674. The first-order chi connectivity index (χ1) is 12.3. The highest BCUT2D eigenvalue weighted by atomic mass is 16.3. The van der Waals surface area contributed by atoms with E-state index in [0.717, 1.165) is 24.1 Å². The summed E-state index contributed by atoms with van der Waals surface area (Å²) in [5, 5.41) is 16.3. The Kier molecular flexibility index (Phi) is 3.80. The summed E-state index contributed by atoms with van der Waals surface area (Å²) in [6.45, 7) is 2.71. The number of nitrogens with zero attached hydrogens (tertiary/aromatic N) is 1. The van der Waals surface area contributed by atoms with E-state index in [1.807, 2.05) is 6.92 Å². The molecule has 1 aromatic carbocycles. The van der Waals surface area contributed by atoms with Crippen molar-refractivity contribution in [2.75, 3.05) is 25.0 Å². The number of hydrogen-bond acceptors (Lipinski definition) is 4. The SMILES string of the molecule is CC1(C(=O)NCC2(O)CCN(C(=O)c3ccc4c(c3)CC(=O)N4)C2)CC1. The van der Waals surface area contributed by atoms with E-state index in [0.29, 0.717) is 18.5 Å². The van der Waals surface area contributed by atoms with Crippen molar-refractivity contribution in [1.82, 2.24) is 10.2 Å². The number of nitrogens with one attached hydrogen (secondary N) is 2. The third-order valence-corrected chi connectivity index (χ3v) is 5.72. The van der Waals surface area contributed by atoms with Crippen LogP contribution in [0.4, 0.5) is 5.69 Å². The van der Waals surface area contributed by atoms with Gasteiger partial charge in [0.1, 0.15) is 5.60 Å². The van der Waals surface area contributed by atoms with E-state index in [1.165, 1.54) is 0 Å². The van der Waals surface area contributed by atoms with E-state index >= 15 is 0 Å². The van der Waals surface area contributed by atoms with Gasteiger partial charge in [-0.05, 0) is 43.0 Å². The number of fused-ring (bicyclic) bond motifs is 1. The van der Waals surface area contributed by atoms with Crippen LogP contribution < -0.4 is 10.6 Å². The van der Waals surface area contributed by atoms with Crippen molar-refractivity contribution in [3.8, 4) is 0 Å². The van der Waals surface area contributed by atoms with Crippen LogP contribution in [-0.2, 0) is 16.0 Å². The Hall–Kier alpha value is -2.41. The maximum absolute atomic E-state index is 12.7. The van der Waals surface area contributed by atoms with Crippen molar-refractivity contribution in [1.29, 1.82) is 0 Å². The van der Waals surface area contributed by atoms with Gasteiger partial charge in [-0.1, -0.05) is 6.92 Å². The standard InChI is InChI=1S/C19H23N3O4/c1-18(4-5-18)17(25)20-10-19(26)6-7-22(11-19)16(24)12-2-3-14-13(8-12)9-15(23)21-14/h2-3,8,26H,4-7,9-11H2,1H3,(H,20,25)(H,21,23). The molecule has 1 saturated heterocycles. The van der Waals surface area contributed by atoms with Crippen LogP contribution in [0, 0.1) is 5.41 Å². The van der Waals surface area contributed by atoms with Gasteiger partial charge in [0.15, 0.2) is 0 Å². The van der Waals surface area contributed by atoms with Crippen molar-refractivity contribution in [3.05, 3.63) is 29.3 Å². The predicted molar refractivity (Wildman–Crippen MR) is 94.6 cm³/mol. The average molecular weight is 357 g/mol. The minimum absolute atomic E-state index is 0.0218. The van der Waals surface area contributed by atoms with Crippen molar-refractivity contribution in [3.63, 3.8) is 0 Å². The average Bonchev–Trinajstić information content (AvgIpc) is 3.07. The Balaban J connectivity index is 1.38. The monoisotopic (exact) mass is 357 g/mol. The number of hydrogen-bond donors (Lipinski definition) is 3. The fourth-order valence-corrected chi connectivity index (χ4v) is 3.59. The second-order valence-electron chi connectivity index (χ2n) is 8.04. The van der Waals surface area contributed by atoms with Gasteiger partial charge >= 0.3 is 0 Å². The molecule has 7 nitrogen and oxygen atoms in total. The van der Waals surface area contributed by atoms with Gasteiger partial charge in [-0.2, -0.15) is 0 Å². The number of rotatable bonds is 4. The van der Waals surface area contributed by atoms with Crippen LogP contribution in [0.2, 0.25) is 0 Å². The number of carbonyl (C=O) groups excluding carboxylic acids is 3. The molecule has 138 valence electrons. The summed E-state index contributed by atoms with van der Waals surface area (Å²) < 4.78 is 0. The van der Waals surface area contributed by atoms with Crippen LogP contribution in [0.1, 0.15) is 42.1 Å². The molecule has 7 heteroatoms. The molecule has 2 fully saturated rings. The van der Waals surface area contributed by atoms with Gasteiger partial charge in [0.25, 0.3) is 5.91 Å². The molecule has 0 spiro atoms. The molecule has 1 atom stereocenters. The normalized spacial score (nSPS) is 25.6. The summed E-state index contributed by atoms with van der Waals surface area (Å²) in [6.07, 6.45) is 2.49. The van der Waals surface area contributed by atoms with E-state index in [9.17, 15) is 19.5 Å². The number of likely N-dealkylation sites (tertiary alicyclic amines) is 1. The molecule has 4 rings (SSSR count). The van der Waals surface area contributed by atoms with Crippen LogP contribution in [0.25, 0.3) is 0 Å². The molecule has 0 aromatic heterocycles. The van der Waals surface area contributed by atoms with Crippen molar-refractivity contribution in [2.45, 2.75) is 38.2 Å². The summed E-state index contributed by atoms with van der Waals surface area (Å²) in [7, 11) is 0. The van der Waals surface area contributed by atoms with E-state index in [-0.39, 0.29) is 42.6 Å². The summed E-state index contributed by atoms with van der Waals surface area (Å²) in [5.41, 5.74) is 0.714. The molecule has 1 aromatic rings. The van der Waals surface area contributed by atoms with E-state index in [2.05, 4.69) is 10.6 Å². The second-order valence-corrected chi connectivity index (χ2v) is 8.04. The van der Waals surface area contributed by atoms with Crippen LogP contribution >= 0.6 is 0 Å². The lowest BCUT2D eigenvalue weighted by atomic mass is 10.0. The van der Waals surface area contributed by atoms with Gasteiger partial charge in [-0.15, -0.1) is 0 Å². The number of amides is 3. The largest absolute Gasteiger partial charge is 0.386 e. The molecular weight excluding hydrogens is 334 g/mol. The maximum atomic E-state index is 12.7. The van der Waals surface area contributed by atoms with Crippen molar-refractivity contribution >= 4 is 23.4 Å². The molecule has 1 unspecified atom stereocenters. The molecule has 0 bridgehead atoms. The third-order valence-electron chi connectivity index (χ3n) is 5.72. The van der Waals surface area contributed by atoms with Gasteiger partial charge in [0.05, 0.1) is 13.0 Å². The molecule has 2 aliphatic heterocycles. The van der Waals surface area contributed by atoms with Crippen molar-refractivity contribution in [2.24, 2.45) is 5.41 Å². The number of β-amino-alcohol motifs (C(OH)–C–C–N with tert-alkyl or cyclic N) is 1. The summed E-state index contributed by atoms with van der Waals surface area (Å²) in [5.74, 6) is -0.254. The van der Waals surface area contributed by atoms with Crippen molar-refractivity contribution < 1.29 is 19.5 Å². The molecule has 26 heavy (non-hydrogen) atoms. The summed E-state index contributed by atoms with van der Waals surface area (Å²) >= 11 is 0. The zero-order valence-corrected chi connectivity index (χ0v) is 14.8. The molecule has 0 radical (unpaired) electrons. The molecule has 3 amide bonds. The molecule has 1 aliphatic carbocycles. The van der Waals surface area contributed by atoms with E-state index < -0.39 is 5.60 Å². The Morgan fingerprint density at radius 3 is 2.81 bits per heavy atom. The quantitative estimate of drug-likeness (QED) is 0.738. The first-order valence-corrected chi connectivity index (χ1v) is 9.01. The Bertz CT molecular complexity index is 802. The molecule has 1 saturated carbocycles. The number of carbonyl (C=O) groups is 3. The second kappa shape index (κ2) is 5.81. The Labute approximate surface area is 151 Å². The summed E-state index contributed by atoms with van der Waals surface area (Å²) in [4.78, 5) is 37.9. The van der Waals surface area contributed by atoms with Crippen LogP contribution in [0.15, 0.2) is 18.2 Å². The fourth-order valence-electron chi connectivity index (χ4n) is 3.59. The lowest BCUT2D eigenvalue weighted by Crippen LogP contribution is -2.47. The molecular formula is C19H23N3O4. The summed E-state index contributed by atoms with van der Waals surface area (Å²) in [6, 6.07) is 5.18. The van der Waals surface area contributed by atoms with Gasteiger partial charge in [0.2, 0.25) is 11.8 Å². The van der Waals surface area contributed by atoms with E-state index in [4.69, 9.17) is 0 Å². The van der Waals surface area contributed by atoms with Crippen LogP contribution in [-0.4, -0.2) is 53.0 Å². The topological polar surface area (TPSA) is 98.7 Å². The lowest BCUT2D eigenvalue weighted by molar-refractivity contribution is -0.126. The van der Waals surface area contributed by atoms with E-state index in [1.54, 1.807) is 23.1 Å². The Morgan fingerprint density at radius 1 is 1.31 bits per heavy atom.